The minimum absolute atomic E-state index is 0.0915. The molecule has 108 valence electrons. The quantitative estimate of drug-likeness (QED) is 0.833. The second kappa shape index (κ2) is 5.60. The Kier molecular flexibility index (Phi) is 4.22. The molecule has 0 radical (unpaired) electrons. The smallest absolute Gasteiger partial charge is 0.128 e. The third-order valence-electron chi connectivity index (χ3n) is 5.11. The zero-order valence-electron chi connectivity index (χ0n) is 12.6. The molecule has 0 bridgehead atoms. The van der Waals surface area contributed by atoms with Crippen LogP contribution < -0.4 is 0 Å². The van der Waals surface area contributed by atoms with Gasteiger partial charge in [-0.1, -0.05) is 43.2 Å². The van der Waals surface area contributed by atoms with Crippen LogP contribution in [0, 0.1) is 23.7 Å². The zero-order chi connectivity index (χ0) is 14.8. The predicted molar refractivity (Wildman–Crippen MR) is 81.0 cm³/mol. The highest BCUT2D eigenvalue weighted by Crippen LogP contribution is 2.55. The highest BCUT2D eigenvalue weighted by atomic mass is 16.5. The molecule has 1 aliphatic carbocycles. The lowest BCUT2D eigenvalue weighted by Gasteiger charge is -2.55. The van der Waals surface area contributed by atoms with Gasteiger partial charge in [-0.15, -0.1) is 6.42 Å². The van der Waals surface area contributed by atoms with E-state index < -0.39 is 5.60 Å². The number of ether oxygens (including phenoxy) is 1. The fourth-order valence-electron chi connectivity index (χ4n) is 3.18. The van der Waals surface area contributed by atoms with Crippen LogP contribution in [0.25, 0.3) is 0 Å². The standard InChI is InChI=1S/C18H24O2/c1-5-18(4,19)17(3)12-11-16(17)14(2)20-13-15-9-7-6-8-10-15/h1,6-10,14,16,19H,11-13H2,2-4H3/t14-,16-,17+,18-/m1/s1. The summed E-state index contributed by atoms with van der Waals surface area (Å²) in [6.45, 7) is 6.50. The number of terminal acetylenes is 1. The molecular formula is C18H24O2. The summed E-state index contributed by atoms with van der Waals surface area (Å²) in [7, 11) is 0. The summed E-state index contributed by atoms with van der Waals surface area (Å²) in [6.07, 6.45) is 7.59. The van der Waals surface area contributed by atoms with E-state index in [1.165, 1.54) is 5.56 Å². The fraction of sp³-hybridized carbons (Fsp3) is 0.556. The lowest BCUT2D eigenvalue weighted by atomic mass is 9.52. The predicted octanol–water partition coefficient (Wildman–Crippen LogP) is 3.39. The Hall–Kier alpha value is -1.30. The van der Waals surface area contributed by atoms with Gasteiger partial charge in [-0.25, -0.2) is 0 Å². The van der Waals surface area contributed by atoms with Crippen molar-refractivity contribution in [2.75, 3.05) is 0 Å². The van der Waals surface area contributed by atoms with Crippen LogP contribution in [0.4, 0.5) is 0 Å². The molecule has 1 N–H and O–H groups in total. The molecule has 1 saturated carbocycles. The van der Waals surface area contributed by atoms with E-state index in [1.807, 2.05) is 18.2 Å². The molecule has 1 aliphatic rings. The van der Waals surface area contributed by atoms with Crippen molar-refractivity contribution in [3.8, 4) is 12.3 Å². The van der Waals surface area contributed by atoms with E-state index in [1.54, 1.807) is 6.92 Å². The molecule has 2 heteroatoms. The van der Waals surface area contributed by atoms with Gasteiger partial charge < -0.3 is 9.84 Å². The van der Waals surface area contributed by atoms with E-state index in [4.69, 9.17) is 11.2 Å². The Balaban J connectivity index is 1.97. The minimum atomic E-state index is -1.07. The van der Waals surface area contributed by atoms with Crippen LogP contribution in [0.5, 0.6) is 0 Å². The van der Waals surface area contributed by atoms with Gasteiger partial charge in [-0.05, 0) is 38.2 Å². The molecule has 20 heavy (non-hydrogen) atoms. The Morgan fingerprint density at radius 1 is 1.50 bits per heavy atom. The number of aliphatic hydroxyl groups is 1. The summed E-state index contributed by atoms with van der Waals surface area (Å²) >= 11 is 0. The first-order valence-electron chi connectivity index (χ1n) is 7.26. The van der Waals surface area contributed by atoms with Gasteiger partial charge in [0, 0.05) is 5.41 Å². The van der Waals surface area contributed by atoms with Crippen LogP contribution >= 0.6 is 0 Å². The van der Waals surface area contributed by atoms with Gasteiger partial charge in [0.15, 0.2) is 0 Å². The number of rotatable bonds is 5. The van der Waals surface area contributed by atoms with E-state index in [0.29, 0.717) is 12.5 Å². The van der Waals surface area contributed by atoms with Crippen LogP contribution in [0.2, 0.25) is 0 Å². The zero-order valence-corrected chi connectivity index (χ0v) is 12.6. The van der Waals surface area contributed by atoms with Crippen LogP contribution in [0.15, 0.2) is 30.3 Å². The van der Waals surface area contributed by atoms with Gasteiger partial charge >= 0.3 is 0 Å². The van der Waals surface area contributed by atoms with Gasteiger partial charge in [0.1, 0.15) is 5.60 Å². The molecule has 0 heterocycles. The molecule has 0 amide bonds. The number of benzene rings is 1. The van der Waals surface area contributed by atoms with Gasteiger partial charge in [0.05, 0.1) is 12.7 Å². The summed E-state index contributed by atoms with van der Waals surface area (Å²) in [5.74, 6) is 2.85. The SMILES string of the molecule is C#C[C@@](C)(O)[C@@]1(C)CC[C@@H]1[C@@H](C)OCc1ccccc1. The van der Waals surface area contributed by atoms with Crippen LogP contribution in [0.3, 0.4) is 0 Å². The highest BCUT2D eigenvalue weighted by molar-refractivity contribution is 5.19. The molecule has 2 rings (SSSR count). The van der Waals surface area contributed by atoms with Crippen molar-refractivity contribution in [3.05, 3.63) is 35.9 Å². The van der Waals surface area contributed by atoms with E-state index in [-0.39, 0.29) is 11.5 Å². The lowest BCUT2D eigenvalue weighted by Crippen LogP contribution is -2.57. The van der Waals surface area contributed by atoms with Crippen LogP contribution in [0.1, 0.15) is 39.2 Å². The first-order chi connectivity index (χ1) is 9.40. The molecule has 0 aromatic heterocycles. The average Bonchev–Trinajstić information content (AvgIpc) is 2.44. The van der Waals surface area contributed by atoms with Crippen LogP contribution in [-0.2, 0) is 11.3 Å². The Labute approximate surface area is 122 Å². The first-order valence-corrected chi connectivity index (χ1v) is 7.26. The van der Waals surface area contributed by atoms with Crippen molar-refractivity contribution in [2.24, 2.45) is 11.3 Å². The maximum Gasteiger partial charge on any atom is 0.128 e. The summed E-state index contributed by atoms with van der Waals surface area (Å²) < 4.78 is 5.99. The molecule has 0 unspecified atom stereocenters. The molecule has 1 fully saturated rings. The summed E-state index contributed by atoms with van der Waals surface area (Å²) in [5.41, 5.74) is -0.151. The van der Waals surface area contributed by atoms with Gasteiger partial charge in [-0.3, -0.25) is 0 Å². The summed E-state index contributed by atoms with van der Waals surface area (Å²) in [6, 6.07) is 10.1. The Morgan fingerprint density at radius 3 is 2.65 bits per heavy atom. The van der Waals surface area contributed by atoms with E-state index in [2.05, 4.69) is 31.9 Å². The van der Waals surface area contributed by atoms with E-state index in [0.717, 1.165) is 12.8 Å². The van der Waals surface area contributed by atoms with Crippen LogP contribution in [-0.4, -0.2) is 16.8 Å². The van der Waals surface area contributed by atoms with Crippen molar-refractivity contribution in [1.29, 1.82) is 0 Å². The van der Waals surface area contributed by atoms with Gasteiger partial charge in [0.25, 0.3) is 0 Å². The number of hydrogen-bond acceptors (Lipinski definition) is 2. The Bertz CT molecular complexity index is 486. The normalized spacial score (nSPS) is 29.9. The molecule has 0 saturated heterocycles. The first kappa shape index (κ1) is 15.1. The Morgan fingerprint density at radius 2 is 2.15 bits per heavy atom. The fourth-order valence-corrected chi connectivity index (χ4v) is 3.18. The molecule has 1 aromatic rings. The minimum Gasteiger partial charge on any atom is -0.377 e. The third-order valence-corrected chi connectivity index (χ3v) is 5.11. The van der Waals surface area contributed by atoms with Crippen molar-refractivity contribution in [1.82, 2.24) is 0 Å². The highest BCUT2D eigenvalue weighted by Gasteiger charge is 2.55. The lowest BCUT2D eigenvalue weighted by molar-refractivity contribution is -0.159. The molecule has 0 spiro atoms. The molecular weight excluding hydrogens is 248 g/mol. The topological polar surface area (TPSA) is 29.5 Å². The van der Waals surface area contributed by atoms with Crippen molar-refractivity contribution >= 4 is 0 Å². The number of hydrogen-bond donors (Lipinski definition) is 1. The molecule has 0 aliphatic heterocycles. The molecule has 1 aromatic carbocycles. The van der Waals surface area contributed by atoms with E-state index in [9.17, 15) is 5.11 Å². The van der Waals surface area contributed by atoms with Crippen molar-refractivity contribution < 1.29 is 9.84 Å². The average molecular weight is 272 g/mol. The van der Waals surface area contributed by atoms with Gasteiger partial charge in [0.2, 0.25) is 0 Å². The monoisotopic (exact) mass is 272 g/mol. The molecule has 2 nitrogen and oxygen atoms in total. The maximum absolute atomic E-state index is 10.4. The summed E-state index contributed by atoms with van der Waals surface area (Å²) in [4.78, 5) is 0. The van der Waals surface area contributed by atoms with Gasteiger partial charge in [-0.2, -0.15) is 0 Å². The second-order valence-electron chi connectivity index (χ2n) is 6.28. The third kappa shape index (κ3) is 2.61. The largest absolute Gasteiger partial charge is 0.377 e. The van der Waals surface area contributed by atoms with E-state index >= 15 is 0 Å². The second-order valence-corrected chi connectivity index (χ2v) is 6.28. The van der Waals surface area contributed by atoms with Crippen molar-refractivity contribution in [2.45, 2.75) is 51.9 Å². The van der Waals surface area contributed by atoms with Crippen molar-refractivity contribution in [3.63, 3.8) is 0 Å². The molecule has 4 atom stereocenters. The summed E-state index contributed by atoms with van der Waals surface area (Å²) in [5, 5.41) is 10.4. The maximum atomic E-state index is 10.4.